The van der Waals surface area contributed by atoms with Crippen molar-refractivity contribution in [1.82, 2.24) is 9.55 Å². The maximum Gasteiger partial charge on any atom is 0.328 e. The first kappa shape index (κ1) is 26.9. The van der Waals surface area contributed by atoms with Crippen LogP contribution in [0.3, 0.4) is 0 Å². The van der Waals surface area contributed by atoms with E-state index in [1.54, 1.807) is 6.92 Å². The lowest BCUT2D eigenvalue weighted by Crippen LogP contribution is -2.46. The van der Waals surface area contributed by atoms with E-state index >= 15 is 0 Å². The molecule has 0 saturated heterocycles. The molecule has 0 radical (unpaired) electrons. The standard InChI is InChI=1S/C29H35N5O4/c1-5-16-34(17-6-2)25-24(26(35)27(25)36)31-22(28(37)38-7-3)18-19-12-14-20(15-13-19)30-29-32-21-10-8-9-11-23(21)33(29)4/h8-15,22,31H,5-7,16-18H2,1-4H3,(H,30,32)/t22-/m0/s1. The molecule has 9 heteroatoms. The summed E-state index contributed by atoms with van der Waals surface area (Å²) >= 11 is 0. The first-order chi connectivity index (χ1) is 18.4. The van der Waals surface area contributed by atoms with Crippen molar-refractivity contribution in [3.8, 4) is 0 Å². The first-order valence-electron chi connectivity index (χ1n) is 13.2. The van der Waals surface area contributed by atoms with Crippen molar-refractivity contribution in [2.75, 3.05) is 35.2 Å². The average Bonchev–Trinajstić information content (AvgIpc) is 3.23. The van der Waals surface area contributed by atoms with Crippen LogP contribution in [0, 0.1) is 0 Å². The van der Waals surface area contributed by atoms with E-state index < -0.39 is 22.9 Å². The van der Waals surface area contributed by atoms with Crippen molar-refractivity contribution < 1.29 is 9.53 Å². The van der Waals surface area contributed by atoms with Crippen molar-refractivity contribution in [1.29, 1.82) is 0 Å². The van der Waals surface area contributed by atoms with E-state index in [0.29, 0.717) is 25.2 Å². The van der Waals surface area contributed by atoms with Crippen LogP contribution < -0.4 is 26.4 Å². The Hall–Kier alpha value is -4.14. The lowest BCUT2D eigenvalue weighted by molar-refractivity contribution is -0.144. The van der Waals surface area contributed by atoms with Crippen LogP contribution in [0.25, 0.3) is 11.0 Å². The molecule has 3 aromatic carbocycles. The number of hydrogen-bond donors (Lipinski definition) is 2. The van der Waals surface area contributed by atoms with Crippen molar-refractivity contribution >= 4 is 40.0 Å². The second-order valence-electron chi connectivity index (χ2n) is 9.33. The zero-order valence-electron chi connectivity index (χ0n) is 22.4. The Morgan fingerprint density at radius 1 is 1.00 bits per heavy atom. The SMILES string of the molecule is CCCN(CCC)c1c(N[C@@H](Cc2ccc(Nc3nc4ccccc4n3C)cc2)C(=O)OCC)c(=O)c1=O. The predicted molar refractivity (Wildman–Crippen MR) is 152 cm³/mol. The number of aryl methyl sites for hydroxylation is 1. The Morgan fingerprint density at radius 3 is 2.32 bits per heavy atom. The van der Waals surface area contributed by atoms with Crippen molar-refractivity contribution in [3.05, 3.63) is 74.5 Å². The molecule has 0 spiro atoms. The molecule has 0 aliphatic carbocycles. The minimum atomic E-state index is -0.805. The third-order valence-electron chi connectivity index (χ3n) is 6.52. The van der Waals surface area contributed by atoms with Crippen LogP contribution in [-0.2, 0) is 23.0 Å². The second-order valence-corrected chi connectivity index (χ2v) is 9.33. The molecule has 2 N–H and O–H groups in total. The van der Waals surface area contributed by atoms with Crippen LogP contribution >= 0.6 is 0 Å². The van der Waals surface area contributed by atoms with Gasteiger partial charge in [0.25, 0.3) is 10.9 Å². The number of anilines is 4. The zero-order valence-corrected chi connectivity index (χ0v) is 22.4. The summed E-state index contributed by atoms with van der Waals surface area (Å²) in [5.74, 6) is 0.257. The molecule has 38 heavy (non-hydrogen) atoms. The average molecular weight is 518 g/mol. The van der Waals surface area contributed by atoms with Gasteiger partial charge in [-0.25, -0.2) is 9.78 Å². The van der Waals surface area contributed by atoms with E-state index in [1.165, 1.54) is 0 Å². The Balaban J connectivity index is 1.52. The molecule has 0 amide bonds. The normalized spacial score (nSPS) is 12.0. The third kappa shape index (κ3) is 5.56. The highest BCUT2D eigenvalue weighted by atomic mass is 16.5. The maximum absolute atomic E-state index is 12.8. The largest absolute Gasteiger partial charge is 0.464 e. The van der Waals surface area contributed by atoms with Crippen molar-refractivity contribution in [2.45, 2.75) is 46.1 Å². The van der Waals surface area contributed by atoms with Crippen molar-refractivity contribution in [2.24, 2.45) is 7.05 Å². The zero-order chi connectivity index (χ0) is 27.2. The number of benzene rings is 2. The number of para-hydroxylation sites is 2. The number of nitrogens with zero attached hydrogens (tertiary/aromatic N) is 3. The molecule has 4 aromatic rings. The van der Waals surface area contributed by atoms with E-state index in [2.05, 4.69) is 15.6 Å². The number of hydrogen-bond acceptors (Lipinski definition) is 8. The van der Waals surface area contributed by atoms with Crippen molar-refractivity contribution in [3.63, 3.8) is 0 Å². The molecule has 0 saturated carbocycles. The number of carbonyl (C=O) groups is 1. The highest BCUT2D eigenvalue weighted by Crippen LogP contribution is 2.24. The van der Waals surface area contributed by atoms with Gasteiger partial charge in [-0.05, 0) is 49.6 Å². The number of carbonyl (C=O) groups excluding carboxylic acids is 1. The second kappa shape index (κ2) is 11.9. The molecule has 1 heterocycles. The van der Waals surface area contributed by atoms with Crippen LogP contribution in [0.15, 0.2) is 58.1 Å². The summed E-state index contributed by atoms with van der Waals surface area (Å²) in [5.41, 5.74) is 3.15. The maximum atomic E-state index is 12.8. The van der Waals surface area contributed by atoms with Gasteiger partial charge >= 0.3 is 5.97 Å². The third-order valence-corrected chi connectivity index (χ3v) is 6.52. The molecule has 200 valence electrons. The van der Waals surface area contributed by atoms with Gasteiger partial charge in [-0.15, -0.1) is 0 Å². The van der Waals surface area contributed by atoms with Gasteiger partial charge in [0.1, 0.15) is 17.4 Å². The number of rotatable bonds is 13. The van der Waals surface area contributed by atoms with E-state index in [-0.39, 0.29) is 12.3 Å². The number of nitrogens with one attached hydrogen (secondary N) is 2. The quantitative estimate of drug-likeness (QED) is 0.202. The summed E-state index contributed by atoms with van der Waals surface area (Å²) in [6.07, 6.45) is 1.98. The summed E-state index contributed by atoms with van der Waals surface area (Å²) in [6, 6.07) is 14.8. The fourth-order valence-corrected chi connectivity index (χ4v) is 4.65. The van der Waals surface area contributed by atoms with Crippen LogP contribution in [0.2, 0.25) is 0 Å². The summed E-state index contributed by atoms with van der Waals surface area (Å²) in [7, 11) is 1.96. The van der Waals surface area contributed by atoms with Crippen LogP contribution in [0.4, 0.5) is 23.0 Å². The number of imidazole rings is 1. The molecule has 9 nitrogen and oxygen atoms in total. The first-order valence-corrected chi connectivity index (χ1v) is 13.2. The molecule has 4 rings (SSSR count). The van der Waals surface area contributed by atoms with Gasteiger partial charge in [0.15, 0.2) is 0 Å². The molecule has 0 aliphatic heterocycles. The van der Waals surface area contributed by atoms with Gasteiger partial charge in [0.05, 0.1) is 17.6 Å². The van der Waals surface area contributed by atoms with E-state index in [0.717, 1.165) is 41.1 Å². The Labute approximate surface area is 222 Å². The Kier molecular flexibility index (Phi) is 8.45. The van der Waals surface area contributed by atoms with Gasteiger partial charge < -0.3 is 24.8 Å². The molecule has 1 aromatic heterocycles. The predicted octanol–water partition coefficient (Wildman–Crippen LogP) is 4.13. The molecule has 0 aliphatic rings. The summed E-state index contributed by atoms with van der Waals surface area (Å²) in [6.45, 7) is 7.33. The summed E-state index contributed by atoms with van der Waals surface area (Å²) < 4.78 is 7.28. The molecule has 0 bridgehead atoms. The van der Waals surface area contributed by atoms with Gasteiger partial charge in [-0.2, -0.15) is 0 Å². The molecule has 1 atom stereocenters. The lowest BCUT2D eigenvalue weighted by atomic mass is 10.0. The smallest absolute Gasteiger partial charge is 0.328 e. The molecule has 0 unspecified atom stereocenters. The highest BCUT2D eigenvalue weighted by Gasteiger charge is 2.30. The number of aromatic nitrogens is 2. The van der Waals surface area contributed by atoms with E-state index in [9.17, 15) is 14.4 Å². The lowest BCUT2D eigenvalue weighted by Gasteiger charge is -2.28. The molecular formula is C29H35N5O4. The van der Waals surface area contributed by atoms with Crippen LogP contribution in [0.1, 0.15) is 39.2 Å². The summed E-state index contributed by atoms with van der Waals surface area (Å²) in [4.78, 5) is 44.3. The fourth-order valence-electron chi connectivity index (χ4n) is 4.65. The van der Waals surface area contributed by atoms with E-state index in [4.69, 9.17) is 4.74 Å². The Morgan fingerprint density at radius 2 is 1.68 bits per heavy atom. The van der Waals surface area contributed by atoms with Crippen LogP contribution in [0.5, 0.6) is 0 Å². The molecular weight excluding hydrogens is 482 g/mol. The number of esters is 1. The van der Waals surface area contributed by atoms with Gasteiger partial charge in [0.2, 0.25) is 5.95 Å². The minimum Gasteiger partial charge on any atom is -0.464 e. The van der Waals surface area contributed by atoms with E-state index in [1.807, 2.05) is 78.9 Å². The summed E-state index contributed by atoms with van der Waals surface area (Å²) in [5, 5.41) is 6.39. The monoisotopic (exact) mass is 517 g/mol. The fraction of sp³-hybridized carbons (Fsp3) is 0.379. The van der Waals surface area contributed by atoms with Crippen LogP contribution in [-0.4, -0.2) is 41.3 Å². The number of ether oxygens (including phenoxy) is 1. The topological polar surface area (TPSA) is 106 Å². The molecule has 0 fully saturated rings. The Bertz CT molecular complexity index is 1460. The van der Waals surface area contributed by atoms with Gasteiger partial charge in [0, 0.05) is 32.2 Å². The van der Waals surface area contributed by atoms with Gasteiger partial charge in [-0.1, -0.05) is 38.1 Å². The van der Waals surface area contributed by atoms with Gasteiger partial charge in [-0.3, -0.25) is 9.59 Å². The number of fused-ring (bicyclic) bond motifs is 1. The minimum absolute atomic E-state index is 0.204. The highest BCUT2D eigenvalue weighted by molar-refractivity contribution is 5.84.